The number of likely N-dealkylation sites (tertiary alicyclic amines) is 1. The summed E-state index contributed by atoms with van der Waals surface area (Å²) in [5.41, 5.74) is 6.95. The Kier molecular flexibility index (Phi) is 10.2. The van der Waals surface area contributed by atoms with Crippen LogP contribution in [0.4, 0.5) is 0 Å². The summed E-state index contributed by atoms with van der Waals surface area (Å²) in [6, 6.07) is 9.14. The Morgan fingerprint density at radius 3 is 2.44 bits per heavy atom. The summed E-state index contributed by atoms with van der Waals surface area (Å²) in [5, 5.41) is 2.82. The Morgan fingerprint density at radius 2 is 1.84 bits per heavy atom. The maximum atomic E-state index is 13.3. The fourth-order valence-corrected chi connectivity index (χ4v) is 4.25. The molecule has 3 atom stereocenters. The number of hydrogen-bond donors (Lipinski definition) is 2. The fraction of sp³-hybridized carbons (Fsp3) is 0.640. The Bertz CT molecular complexity index is 751. The van der Waals surface area contributed by atoms with Crippen molar-refractivity contribution in [1.29, 1.82) is 0 Å². The first-order valence-electron chi connectivity index (χ1n) is 11.9. The molecule has 32 heavy (non-hydrogen) atoms. The summed E-state index contributed by atoms with van der Waals surface area (Å²) in [7, 11) is 0. The van der Waals surface area contributed by atoms with Crippen LogP contribution in [0.15, 0.2) is 30.3 Å². The van der Waals surface area contributed by atoms with Gasteiger partial charge >= 0.3 is 0 Å². The molecule has 2 rings (SSSR count). The molecule has 0 aliphatic carbocycles. The van der Waals surface area contributed by atoms with Crippen LogP contribution in [0.25, 0.3) is 0 Å². The third-order valence-electron chi connectivity index (χ3n) is 6.22. The molecule has 7 heteroatoms. The molecule has 1 heterocycles. The number of carbonyl (C=O) groups is 3. The molecule has 0 aromatic heterocycles. The van der Waals surface area contributed by atoms with Gasteiger partial charge in [-0.05, 0) is 50.5 Å². The van der Waals surface area contributed by atoms with Gasteiger partial charge in [0.25, 0.3) is 0 Å². The summed E-state index contributed by atoms with van der Waals surface area (Å²) in [4.78, 5) is 41.3. The minimum atomic E-state index is -0.654. The maximum Gasteiger partial charge on any atom is 0.245 e. The van der Waals surface area contributed by atoms with Crippen molar-refractivity contribution in [2.45, 2.75) is 77.9 Å². The highest BCUT2D eigenvalue weighted by Gasteiger charge is 2.35. The van der Waals surface area contributed by atoms with Gasteiger partial charge in [-0.2, -0.15) is 0 Å². The third kappa shape index (κ3) is 7.62. The first-order chi connectivity index (χ1) is 15.2. The van der Waals surface area contributed by atoms with Gasteiger partial charge < -0.3 is 20.9 Å². The van der Waals surface area contributed by atoms with E-state index in [4.69, 9.17) is 5.73 Å². The van der Waals surface area contributed by atoms with Crippen molar-refractivity contribution in [1.82, 2.24) is 15.1 Å². The van der Waals surface area contributed by atoms with Gasteiger partial charge in [-0.1, -0.05) is 44.2 Å². The monoisotopic (exact) mass is 444 g/mol. The van der Waals surface area contributed by atoms with Crippen LogP contribution in [0, 0.1) is 5.92 Å². The molecule has 3 N–H and O–H groups in total. The van der Waals surface area contributed by atoms with Crippen LogP contribution >= 0.6 is 0 Å². The number of nitrogens with zero attached hydrogens (tertiary/aromatic N) is 2. The predicted octanol–water partition coefficient (Wildman–Crippen LogP) is 2.34. The molecule has 0 unspecified atom stereocenters. The largest absolute Gasteiger partial charge is 0.343 e. The van der Waals surface area contributed by atoms with Gasteiger partial charge in [0.05, 0.1) is 6.04 Å². The summed E-state index contributed by atoms with van der Waals surface area (Å²) < 4.78 is 0. The molecule has 0 radical (unpaired) electrons. The Morgan fingerprint density at radius 1 is 1.16 bits per heavy atom. The van der Waals surface area contributed by atoms with Crippen molar-refractivity contribution in [3.63, 3.8) is 0 Å². The first-order valence-corrected chi connectivity index (χ1v) is 11.9. The van der Waals surface area contributed by atoms with Gasteiger partial charge in [0.15, 0.2) is 0 Å². The standard InChI is InChI=1S/C25H40N4O3/c1-18(2)23(27-24(31)19(3)26)25(32)29-16-9-13-22(29)14-17-28(20(4)30)15-8-12-21-10-6-5-7-11-21/h5-7,10-11,18-19,22-23H,8-9,12-17,26H2,1-4H3,(H,27,31)/t19-,22-,23-/m0/s1. The second-order valence-electron chi connectivity index (χ2n) is 9.23. The summed E-state index contributed by atoms with van der Waals surface area (Å²) in [6.45, 7) is 9.12. The zero-order valence-corrected chi connectivity index (χ0v) is 20.0. The van der Waals surface area contributed by atoms with E-state index in [2.05, 4.69) is 17.4 Å². The second kappa shape index (κ2) is 12.6. The molecule has 178 valence electrons. The quantitative estimate of drug-likeness (QED) is 0.548. The number of amides is 3. The molecule has 0 saturated carbocycles. The third-order valence-corrected chi connectivity index (χ3v) is 6.22. The van der Waals surface area contributed by atoms with Crippen LogP contribution in [0.1, 0.15) is 58.9 Å². The lowest BCUT2D eigenvalue weighted by atomic mass is 10.0. The van der Waals surface area contributed by atoms with Gasteiger partial charge in [-0.15, -0.1) is 0 Å². The van der Waals surface area contributed by atoms with E-state index in [1.165, 1.54) is 5.56 Å². The number of carbonyl (C=O) groups excluding carboxylic acids is 3. The maximum absolute atomic E-state index is 13.3. The lowest BCUT2D eigenvalue weighted by Gasteiger charge is -2.32. The molecule has 1 saturated heterocycles. The molecule has 0 bridgehead atoms. The smallest absolute Gasteiger partial charge is 0.245 e. The van der Waals surface area contributed by atoms with Crippen molar-refractivity contribution in [3.05, 3.63) is 35.9 Å². The number of nitrogens with two attached hydrogens (primary N) is 1. The van der Waals surface area contributed by atoms with Crippen LogP contribution in [0.5, 0.6) is 0 Å². The highest BCUT2D eigenvalue weighted by atomic mass is 16.2. The zero-order valence-electron chi connectivity index (χ0n) is 20.0. The number of nitrogens with one attached hydrogen (secondary N) is 1. The van der Waals surface area contributed by atoms with Crippen molar-refractivity contribution < 1.29 is 14.4 Å². The van der Waals surface area contributed by atoms with Crippen molar-refractivity contribution in [2.24, 2.45) is 11.7 Å². The molecular formula is C25H40N4O3. The van der Waals surface area contributed by atoms with Gasteiger partial charge in [-0.3, -0.25) is 14.4 Å². The lowest BCUT2D eigenvalue weighted by Crippen LogP contribution is -2.55. The van der Waals surface area contributed by atoms with E-state index in [-0.39, 0.29) is 29.7 Å². The normalized spacial score (nSPS) is 17.8. The van der Waals surface area contributed by atoms with E-state index in [9.17, 15) is 14.4 Å². The van der Waals surface area contributed by atoms with Crippen LogP contribution in [0.3, 0.4) is 0 Å². The summed E-state index contributed by atoms with van der Waals surface area (Å²) in [6.07, 6.45) is 4.47. The second-order valence-corrected chi connectivity index (χ2v) is 9.23. The summed E-state index contributed by atoms with van der Waals surface area (Å²) in [5.74, 6) is -0.319. The van der Waals surface area contributed by atoms with Crippen LogP contribution in [-0.2, 0) is 20.8 Å². The average Bonchev–Trinajstić information content (AvgIpc) is 3.22. The molecule has 7 nitrogen and oxygen atoms in total. The SMILES string of the molecule is CC(=O)N(CCCc1ccccc1)CC[C@@H]1CCCN1C(=O)[C@@H](NC(=O)[C@H](C)N)C(C)C. The van der Waals surface area contributed by atoms with Crippen molar-refractivity contribution >= 4 is 17.7 Å². The van der Waals surface area contributed by atoms with Crippen molar-refractivity contribution in [2.75, 3.05) is 19.6 Å². The predicted molar refractivity (Wildman–Crippen MR) is 127 cm³/mol. The number of benzene rings is 1. The van der Waals surface area contributed by atoms with Crippen LogP contribution in [0.2, 0.25) is 0 Å². The number of hydrogen-bond acceptors (Lipinski definition) is 4. The number of rotatable bonds is 11. The van der Waals surface area contributed by atoms with E-state index in [1.807, 2.05) is 41.8 Å². The van der Waals surface area contributed by atoms with E-state index < -0.39 is 12.1 Å². The Hall–Kier alpha value is -2.41. The lowest BCUT2D eigenvalue weighted by molar-refractivity contribution is -0.138. The topological polar surface area (TPSA) is 95.7 Å². The highest BCUT2D eigenvalue weighted by Crippen LogP contribution is 2.23. The molecule has 0 spiro atoms. The van der Waals surface area contributed by atoms with E-state index >= 15 is 0 Å². The Balaban J connectivity index is 1.92. The minimum absolute atomic E-state index is 0.0295. The molecule has 1 aliphatic rings. The van der Waals surface area contributed by atoms with Gasteiger partial charge in [-0.25, -0.2) is 0 Å². The molecule has 1 aromatic carbocycles. The highest BCUT2D eigenvalue weighted by molar-refractivity contribution is 5.90. The molecular weight excluding hydrogens is 404 g/mol. The first kappa shape index (κ1) is 25.8. The van der Waals surface area contributed by atoms with Gasteiger partial charge in [0, 0.05) is 32.6 Å². The van der Waals surface area contributed by atoms with E-state index in [1.54, 1.807) is 13.8 Å². The van der Waals surface area contributed by atoms with Gasteiger partial charge in [0.1, 0.15) is 6.04 Å². The minimum Gasteiger partial charge on any atom is -0.343 e. The van der Waals surface area contributed by atoms with Crippen LogP contribution in [-0.4, -0.2) is 65.3 Å². The van der Waals surface area contributed by atoms with E-state index in [0.29, 0.717) is 19.6 Å². The molecule has 3 amide bonds. The van der Waals surface area contributed by atoms with Crippen LogP contribution < -0.4 is 11.1 Å². The molecule has 1 aliphatic heterocycles. The average molecular weight is 445 g/mol. The Labute approximate surface area is 192 Å². The van der Waals surface area contributed by atoms with Gasteiger partial charge in [0.2, 0.25) is 17.7 Å². The number of aryl methyl sites for hydroxylation is 1. The fourth-order valence-electron chi connectivity index (χ4n) is 4.25. The van der Waals surface area contributed by atoms with Crippen molar-refractivity contribution in [3.8, 4) is 0 Å². The molecule has 1 fully saturated rings. The molecule has 1 aromatic rings. The van der Waals surface area contributed by atoms with E-state index in [0.717, 1.165) is 32.1 Å². The zero-order chi connectivity index (χ0) is 23.7. The summed E-state index contributed by atoms with van der Waals surface area (Å²) >= 11 is 0.